The van der Waals surface area contributed by atoms with E-state index in [1.165, 1.54) is 7.11 Å². The minimum Gasteiger partial charge on any atom is -0.453 e. The van der Waals surface area contributed by atoms with Gasteiger partial charge in [0.1, 0.15) is 0 Å². The minimum atomic E-state index is -0.273. The quantitative estimate of drug-likeness (QED) is 0.735. The van der Waals surface area contributed by atoms with Gasteiger partial charge in [0.2, 0.25) is 0 Å². The first-order valence-electron chi connectivity index (χ1n) is 5.88. The molecule has 94 valence electrons. The third kappa shape index (κ3) is 3.64. The first-order chi connectivity index (χ1) is 7.71. The van der Waals surface area contributed by atoms with Crippen LogP contribution in [-0.2, 0) is 4.74 Å². The van der Waals surface area contributed by atoms with Crippen molar-refractivity contribution in [3.05, 3.63) is 0 Å². The number of carbonyl (C=O) groups is 1. The van der Waals surface area contributed by atoms with E-state index in [0.29, 0.717) is 25.0 Å². The summed E-state index contributed by atoms with van der Waals surface area (Å²) in [4.78, 5) is 13.2. The minimum absolute atomic E-state index is 0.179. The van der Waals surface area contributed by atoms with Crippen molar-refractivity contribution in [2.45, 2.75) is 25.8 Å². The van der Waals surface area contributed by atoms with E-state index in [2.05, 4.69) is 12.2 Å². The number of methoxy groups -OCH3 is 1. The molecule has 1 amide bonds. The predicted molar refractivity (Wildman–Crippen MR) is 61.3 cm³/mol. The van der Waals surface area contributed by atoms with Crippen molar-refractivity contribution in [3.8, 4) is 0 Å². The van der Waals surface area contributed by atoms with Gasteiger partial charge in [-0.15, -0.1) is 0 Å². The van der Waals surface area contributed by atoms with Crippen LogP contribution >= 0.6 is 0 Å². The SMILES string of the molecule is CCNC1CC(CCO)CN(C(=O)OC)C1. The Balaban J connectivity index is 2.54. The van der Waals surface area contributed by atoms with Crippen LogP contribution in [0.1, 0.15) is 19.8 Å². The first kappa shape index (κ1) is 13.3. The summed E-state index contributed by atoms with van der Waals surface area (Å²) in [5.41, 5.74) is 0. The van der Waals surface area contributed by atoms with Crippen molar-refractivity contribution >= 4 is 6.09 Å². The second-order valence-corrected chi connectivity index (χ2v) is 4.24. The second-order valence-electron chi connectivity index (χ2n) is 4.24. The molecule has 1 rings (SSSR count). The number of likely N-dealkylation sites (N-methyl/N-ethyl adjacent to an activating group) is 1. The molecule has 0 aromatic rings. The number of likely N-dealkylation sites (tertiary alicyclic amines) is 1. The summed E-state index contributed by atoms with van der Waals surface area (Å²) in [7, 11) is 1.40. The van der Waals surface area contributed by atoms with Crippen molar-refractivity contribution in [2.75, 3.05) is 33.4 Å². The van der Waals surface area contributed by atoms with Gasteiger partial charge in [0.25, 0.3) is 0 Å². The maximum absolute atomic E-state index is 11.5. The molecule has 16 heavy (non-hydrogen) atoms. The van der Waals surface area contributed by atoms with Crippen molar-refractivity contribution in [1.29, 1.82) is 0 Å². The number of rotatable bonds is 4. The summed E-state index contributed by atoms with van der Waals surface area (Å²) in [5, 5.41) is 12.3. The Morgan fingerprint density at radius 2 is 2.31 bits per heavy atom. The molecule has 2 N–H and O–H groups in total. The van der Waals surface area contributed by atoms with Gasteiger partial charge in [0, 0.05) is 25.7 Å². The lowest BCUT2D eigenvalue weighted by Gasteiger charge is -2.37. The molecule has 2 atom stereocenters. The van der Waals surface area contributed by atoms with E-state index in [9.17, 15) is 4.79 Å². The van der Waals surface area contributed by atoms with Crippen LogP contribution in [0.25, 0.3) is 0 Å². The van der Waals surface area contributed by atoms with E-state index in [-0.39, 0.29) is 12.7 Å². The Morgan fingerprint density at radius 1 is 1.56 bits per heavy atom. The van der Waals surface area contributed by atoms with Gasteiger partial charge in [0.05, 0.1) is 7.11 Å². The van der Waals surface area contributed by atoms with Crippen LogP contribution in [0, 0.1) is 5.92 Å². The molecule has 1 saturated heterocycles. The zero-order valence-electron chi connectivity index (χ0n) is 10.1. The van der Waals surface area contributed by atoms with Crippen LogP contribution in [0.3, 0.4) is 0 Å². The van der Waals surface area contributed by atoms with Crippen molar-refractivity contribution in [2.24, 2.45) is 5.92 Å². The summed E-state index contributed by atoms with van der Waals surface area (Å²) in [6.45, 7) is 4.51. The Kier molecular flexibility index (Phi) is 5.55. The number of nitrogens with zero attached hydrogens (tertiary/aromatic N) is 1. The zero-order chi connectivity index (χ0) is 12.0. The van der Waals surface area contributed by atoms with Crippen LogP contribution in [0.2, 0.25) is 0 Å². The standard InChI is InChI=1S/C11H22N2O3/c1-3-12-10-6-9(4-5-14)7-13(8-10)11(15)16-2/h9-10,12,14H,3-8H2,1-2H3. The molecule has 1 aliphatic rings. The van der Waals surface area contributed by atoms with Gasteiger partial charge in [-0.2, -0.15) is 0 Å². The lowest BCUT2D eigenvalue weighted by molar-refractivity contribution is 0.0846. The monoisotopic (exact) mass is 230 g/mol. The highest BCUT2D eigenvalue weighted by Crippen LogP contribution is 2.20. The summed E-state index contributed by atoms with van der Waals surface area (Å²) in [6, 6.07) is 0.314. The Labute approximate surface area is 96.8 Å². The molecule has 0 bridgehead atoms. The van der Waals surface area contributed by atoms with E-state index < -0.39 is 0 Å². The lowest BCUT2D eigenvalue weighted by Crippen LogP contribution is -2.51. The molecule has 5 heteroatoms. The van der Waals surface area contributed by atoms with Crippen LogP contribution in [0.5, 0.6) is 0 Å². The number of hydrogen-bond donors (Lipinski definition) is 2. The van der Waals surface area contributed by atoms with Gasteiger partial charge in [0.15, 0.2) is 0 Å². The largest absolute Gasteiger partial charge is 0.453 e. The molecule has 2 unspecified atom stereocenters. The van der Waals surface area contributed by atoms with E-state index in [0.717, 1.165) is 19.4 Å². The number of carbonyl (C=O) groups excluding carboxylic acids is 1. The van der Waals surface area contributed by atoms with Gasteiger partial charge in [-0.25, -0.2) is 4.79 Å². The van der Waals surface area contributed by atoms with Crippen LogP contribution in [-0.4, -0.2) is 55.5 Å². The van der Waals surface area contributed by atoms with Crippen molar-refractivity contribution < 1.29 is 14.6 Å². The van der Waals surface area contributed by atoms with Crippen LogP contribution in [0.4, 0.5) is 4.79 Å². The summed E-state index contributed by atoms with van der Waals surface area (Å²) < 4.78 is 4.74. The van der Waals surface area contributed by atoms with E-state index in [1.54, 1.807) is 4.90 Å². The number of ether oxygens (including phenoxy) is 1. The molecule has 0 aromatic heterocycles. The summed E-state index contributed by atoms with van der Waals surface area (Å²) in [6.07, 6.45) is 1.49. The van der Waals surface area contributed by atoms with Crippen LogP contribution in [0.15, 0.2) is 0 Å². The van der Waals surface area contributed by atoms with Crippen molar-refractivity contribution in [3.63, 3.8) is 0 Å². The molecule has 1 heterocycles. The fourth-order valence-corrected chi connectivity index (χ4v) is 2.31. The second kappa shape index (κ2) is 6.70. The highest BCUT2D eigenvalue weighted by atomic mass is 16.5. The molecule has 0 spiro atoms. The number of aliphatic hydroxyl groups is 1. The van der Waals surface area contributed by atoms with Gasteiger partial charge < -0.3 is 20.1 Å². The number of nitrogens with one attached hydrogen (secondary N) is 1. The maximum atomic E-state index is 11.5. The highest BCUT2D eigenvalue weighted by Gasteiger charge is 2.29. The molecule has 5 nitrogen and oxygen atoms in total. The molecule has 0 radical (unpaired) electrons. The smallest absolute Gasteiger partial charge is 0.409 e. The summed E-state index contributed by atoms with van der Waals surface area (Å²) >= 11 is 0. The average Bonchev–Trinajstić information content (AvgIpc) is 2.28. The maximum Gasteiger partial charge on any atom is 0.409 e. The number of amides is 1. The third-order valence-corrected chi connectivity index (χ3v) is 3.00. The Morgan fingerprint density at radius 3 is 2.88 bits per heavy atom. The normalized spacial score (nSPS) is 25.6. The van der Waals surface area contributed by atoms with E-state index >= 15 is 0 Å². The number of hydrogen-bond acceptors (Lipinski definition) is 4. The van der Waals surface area contributed by atoms with Crippen LogP contribution < -0.4 is 5.32 Å². The fraction of sp³-hybridized carbons (Fsp3) is 0.909. The van der Waals surface area contributed by atoms with Gasteiger partial charge in [-0.1, -0.05) is 6.92 Å². The van der Waals surface area contributed by atoms with Gasteiger partial charge >= 0.3 is 6.09 Å². The van der Waals surface area contributed by atoms with Gasteiger partial charge in [-0.3, -0.25) is 0 Å². The predicted octanol–water partition coefficient (Wildman–Crippen LogP) is 0.435. The molecule has 1 aliphatic heterocycles. The zero-order valence-corrected chi connectivity index (χ0v) is 10.1. The Hall–Kier alpha value is -0.810. The van der Waals surface area contributed by atoms with Gasteiger partial charge in [-0.05, 0) is 25.3 Å². The average molecular weight is 230 g/mol. The third-order valence-electron chi connectivity index (χ3n) is 3.00. The van der Waals surface area contributed by atoms with E-state index in [4.69, 9.17) is 9.84 Å². The first-order valence-corrected chi connectivity index (χ1v) is 5.88. The molecule has 0 aromatic carbocycles. The molecule has 1 fully saturated rings. The number of aliphatic hydroxyl groups excluding tert-OH is 1. The fourth-order valence-electron chi connectivity index (χ4n) is 2.31. The molecular formula is C11H22N2O3. The Bertz CT molecular complexity index is 209. The van der Waals surface area contributed by atoms with Crippen molar-refractivity contribution in [1.82, 2.24) is 10.2 Å². The molecule has 0 aliphatic carbocycles. The topological polar surface area (TPSA) is 61.8 Å². The lowest BCUT2D eigenvalue weighted by atomic mass is 9.92. The molecule has 0 saturated carbocycles. The number of piperidine rings is 1. The highest BCUT2D eigenvalue weighted by molar-refractivity contribution is 5.67. The summed E-state index contributed by atoms with van der Waals surface area (Å²) in [5.74, 6) is 0.363. The van der Waals surface area contributed by atoms with E-state index in [1.807, 2.05) is 0 Å². The molecular weight excluding hydrogens is 208 g/mol.